The van der Waals surface area contributed by atoms with Crippen molar-refractivity contribution in [3.63, 3.8) is 0 Å². The highest BCUT2D eigenvalue weighted by Crippen LogP contribution is 2.22. The van der Waals surface area contributed by atoms with Gasteiger partial charge in [0.2, 0.25) is 0 Å². The molecule has 2 aromatic carbocycles. The van der Waals surface area contributed by atoms with Gasteiger partial charge in [0.05, 0.1) is 11.3 Å². The van der Waals surface area contributed by atoms with Crippen LogP contribution in [-0.2, 0) is 0 Å². The van der Waals surface area contributed by atoms with E-state index < -0.39 is 11.8 Å². The molecule has 0 unspecified atom stereocenters. The molecule has 0 saturated heterocycles. The Morgan fingerprint density at radius 1 is 0.931 bits per heavy atom. The summed E-state index contributed by atoms with van der Waals surface area (Å²) in [4.78, 5) is 29.4. The molecule has 0 aliphatic heterocycles. The Hall–Kier alpha value is -3.98. The number of nitrogens with zero attached hydrogens (tertiary/aromatic N) is 2. The van der Waals surface area contributed by atoms with E-state index in [1.807, 2.05) is 39.0 Å². The summed E-state index contributed by atoms with van der Waals surface area (Å²) >= 11 is 0. The van der Waals surface area contributed by atoms with Crippen LogP contribution in [0.3, 0.4) is 0 Å². The van der Waals surface area contributed by atoms with Crippen LogP contribution in [0.25, 0.3) is 0 Å². The first kappa shape index (κ1) is 19.8. The minimum atomic E-state index is -0.424. The SMILES string of the molecule is Cc1cc(C)c(NC(=O)c2cc(C(=O)Nc3ccccc3C#N)ccn2)c(C)c1. The summed E-state index contributed by atoms with van der Waals surface area (Å²) in [5, 5.41) is 14.7. The Morgan fingerprint density at radius 3 is 2.31 bits per heavy atom. The van der Waals surface area contributed by atoms with Crippen LogP contribution in [0, 0.1) is 32.1 Å². The van der Waals surface area contributed by atoms with Gasteiger partial charge in [-0.3, -0.25) is 14.6 Å². The maximum Gasteiger partial charge on any atom is 0.274 e. The standard InChI is InChI=1S/C23H20N4O2/c1-14-10-15(2)21(16(3)11-14)27-23(29)20-12-17(8-9-25-20)22(28)26-19-7-5-4-6-18(19)13-24/h4-12H,1-3H3,(H,26,28)(H,27,29). The van der Waals surface area contributed by atoms with Gasteiger partial charge in [-0.2, -0.15) is 5.26 Å². The molecule has 3 rings (SSSR count). The number of aryl methyl sites for hydroxylation is 3. The zero-order valence-corrected chi connectivity index (χ0v) is 16.4. The number of amides is 2. The molecule has 0 spiro atoms. The first-order valence-electron chi connectivity index (χ1n) is 9.05. The molecule has 6 nitrogen and oxygen atoms in total. The minimum Gasteiger partial charge on any atom is -0.321 e. The number of hydrogen-bond donors (Lipinski definition) is 2. The molecule has 3 aromatic rings. The Labute approximate surface area is 169 Å². The second-order valence-electron chi connectivity index (χ2n) is 6.77. The molecule has 1 heterocycles. The van der Waals surface area contributed by atoms with E-state index in [-0.39, 0.29) is 11.3 Å². The third-order valence-corrected chi connectivity index (χ3v) is 4.47. The number of pyridine rings is 1. The summed E-state index contributed by atoms with van der Waals surface area (Å²) in [6.07, 6.45) is 1.41. The number of nitriles is 1. The predicted molar refractivity (Wildman–Crippen MR) is 112 cm³/mol. The van der Waals surface area contributed by atoms with Crippen LogP contribution in [0.15, 0.2) is 54.7 Å². The van der Waals surface area contributed by atoms with Crippen molar-refractivity contribution in [2.45, 2.75) is 20.8 Å². The Balaban J connectivity index is 1.81. The van der Waals surface area contributed by atoms with Crippen molar-refractivity contribution in [2.24, 2.45) is 0 Å². The molecule has 2 N–H and O–H groups in total. The second-order valence-corrected chi connectivity index (χ2v) is 6.77. The quantitative estimate of drug-likeness (QED) is 0.698. The van der Waals surface area contributed by atoms with Gasteiger partial charge >= 0.3 is 0 Å². The number of benzene rings is 2. The number of carbonyl (C=O) groups excluding carboxylic acids is 2. The first-order valence-corrected chi connectivity index (χ1v) is 9.05. The van der Waals surface area contributed by atoms with Gasteiger partial charge in [0.1, 0.15) is 11.8 Å². The highest BCUT2D eigenvalue weighted by molar-refractivity contribution is 6.08. The zero-order chi connectivity index (χ0) is 21.0. The van der Waals surface area contributed by atoms with Crippen LogP contribution in [-0.4, -0.2) is 16.8 Å². The fourth-order valence-electron chi connectivity index (χ4n) is 3.13. The Kier molecular flexibility index (Phi) is 5.70. The molecule has 0 bridgehead atoms. The number of hydrogen-bond acceptors (Lipinski definition) is 4. The van der Waals surface area contributed by atoms with Gasteiger partial charge in [0, 0.05) is 17.4 Å². The fourth-order valence-corrected chi connectivity index (χ4v) is 3.13. The van der Waals surface area contributed by atoms with Crippen molar-refractivity contribution in [1.29, 1.82) is 5.26 Å². The highest BCUT2D eigenvalue weighted by Gasteiger charge is 2.15. The lowest BCUT2D eigenvalue weighted by molar-refractivity contribution is 0.102. The molecule has 0 fully saturated rings. The van der Waals surface area contributed by atoms with Crippen LogP contribution >= 0.6 is 0 Å². The van der Waals surface area contributed by atoms with Gasteiger partial charge in [-0.05, 0) is 56.2 Å². The van der Waals surface area contributed by atoms with E-state index in [0.717, 1.165) is 22.4 Å². The first-order chi connectivity index (χ1) is 13.9. The molecular formula is C23H20N4O2. The molecule has 0 radical (unpaired) electrons. The van der Waals surface area contributed by atoms with E-state index >= 15 is 0 Å². The Bertz CT molecular complexity index is 1120. The van der Waals surface area contributed by atoms with Crippen molar-refractivity contribution in [2.75, 3.05) is 10.6 Å². The monoisotopic (exact) mass is 384 g/mol. The number of aromatic nitrogens is 1. The maximum atomic E-state index is 12.7. The van der Waals surface area contributed by atoms with Crippen LogP contribution in [0.5, 0.6) is 0 Å². The average Bonchev–Trinajstić information content (AvgIpc) is 2.71. The molecular weight excluding hydrogens is 364 g/mol. The van der Waals surface area contributed by atoms with E-state index in [0.29, 0.717) is 11.3 Å². The van der Waals surface area contributed by atoms with Crippen LogP contribution < -0.4 is 10.6 Å². The van der Waals surface area contributed by atoms with Crippen molar-refractivity contribution in [3.05, 3.63) is 88.2 Å². The molecule has 29 heavy (non-hydrogen) atoms. The van der Waals surface area contributed by atoms with E-state index in [2.05, 4.69) is 15.6 Å². The molecule has 0 aliphatic rings. The molecule has 0 saturated carbocycles. The Morgan fingerprint density at radius 2 is 1.62 bits per heavy atom. The summed E-state index contributed by atoms with van der Waals surface area (Å²) in [5.41, 5.74) is 4.94. The van der Waals surface area contributed by atoms with Crippen molar-refractivity contribution >= 4 is 23.2 Å². The number of rotatable bonds is 4. The van der Waals surface area contributed by atoms with E-state index in [4.69, 9.17) is 5.26 Å². The highest BCUT2D eigenvalue weighted by atomic mass is 16.2. The van der Waals surface area contributed by atoms with Gasteiger partial charge in [-0.1, -0.05) is 29.8 Å². The van der Waals surface area contributed by atoms with E-state index in [9.17, 15) is 9.59 Å². The summed E-state index contributed by atoms with van der Waals surface area (Å²) < 4.78 is 0. The van der Waals surface area contributed by atoms with Gasteiger partial charge in [0.15, 0.2) is 0 Å². The van der Waals surface area contributed by atoms with Crippen molar-refractivity contribution < 1.29 is 9.59 Å². The smallest absolute Gasteiger partial charge is 0.274 e. The predicted octanol–water partition coefficient (Wildman–Crippen LogP) is 4.38. The van der Waals surface area contributed by atoms with Crippen LogP contribution in [0.1, 0.15) is 43.1 Å². The van der Waals surface area contributed by atoms with Crippen LogP contribution in [0.2, 0.25) is 0 Å². The number of carbonyl (C=O) groups is 2. The topological polar surface area (TPSA) is 94.9 Å². The van der Waals surface area contributed by atoms with Gasteiger partial charge in [-0.25, -0.2) is 0 Å². The van der Waals surface area contributed by atoms with E-state index in [1.54, 1.807) is 24.3 Å². The van der Waals surface area contributed by atoms with Gasteiger partial charge in [0.25, 0.3) is 11.8 Å². The molecule has 1 aromatic heterocycles. The second kappa shape index (κ2) is 8.36. The lowest BCUT2D eigenvalue weighted by Gasteiger charge is -2.13. The third kappa shape index (κ3) is 4.47. The molecule has 0 atom stereocenters. The zero-order valence-electron chi connectivity index (χ0n) is 16.4. The van der Waals surface area contributed by atoms with Gasteiger partial charge in [-0.15, -0.1) is 0 Å². The number of nitrogens with one attached hydrogen (secondary N) is 2. The van der Waals surface area contributed by atoms with Crippen molar-refractivity contribution in [3.8, 4) is 6.07 Å². The summed E-state index contributed by atoms with van der Waals surface area (Å²) in [7, 11) is 0. The maximum absolute atomic E-state index is 12.7. The summed E-state index contributed by atoms with van der Waals surface area (Å²) in [6, 6.07) is 15.7. The van der Waals surface area contributed by atoms with E-state index in [1.165, 1.54) is 18.3 Å². The van der Waals surface area contributed by atoms with Crippen LogP contribution in [0.4, 0.5) is 11.4 Å². The molecule has 0 aliphatic carbocycles. The van der Waals surface area contributed by atoms with Gasteiger partial charge < -0.3 is 10.6 Å². The largest absolute Gasteiger partial charge is 0.321 e. The van der Waals surface area contributed by atoms with Crippen molar-refractivity contribution in [1.82, 2.24) is 4.98 Å². The summed E-state index contributed by atoms with van der Waals surface area (Å²) in [6.45, 7) is 5.86. The molecule has 2 amide bonds. The third-order valence-electron chi connectivity index (χ3n) is 4.47. The number of para-hydroxylation sites is 1. The summed E-state index contributed by atoms with van der Waals surface area (Å²) in [5.74, 6) is -0.820. The average molecular weight is 384 g/mol. The minimum absolute atomic E-state index is 0.130. The molecule has 144 valence electrons. The normalized spacial score (nSPS) is 10.1. The molecule has 6 heteroatoms. The number of anilines is 2. The fraction of sp³-hybridized carbons (Fsp3) is 0.130. The lowest BCUT2D eigenvalue weighted by atomic mass is 10.0. The lowest BCUT2D eigenvalue weighted by Crippen LogP contribution is -2.18.